The van der Waals surface area contributed by atoms with Gasteiger partial charge in [-0.25, -0.2) is 0 Å². The van der Waals surface area contributed by atoms with Gasteiger partial charge in [-0.1, -0.05) is 313 Å². The average Bonchev–Trinajstić information content (AvgIpc) is 3.43. The van der Waals surface area contributed by atoms with E-state index in [4.69, 9.17) is 14.2 Å². The fourth-order valence-corrected chi connectivity index (χ4v) is 9.96. The fourth-order valence-electron chi connectivity index (χ4n) is 9.96. The van der Waals surface area contributed by atoms with Crippen LogP contribution in [0.3, 0.4) is 0 Å². The van der Waals surface area contributed by atoms with E-state index >= 15 is 0 Å². The van der Waals surface area contributed by atoms with Crippen molar-refractivity contribution in [1.29, 1.82) is 0 Å². The summed E-state index contributed by atoms with van der Waals surface area (Å²) in [7, 11) is 0. The van der Waals surface area contributed by atoms with Crippen molar-refractivity contribution in [3.8, 4) is 0 Å². The second-order valence-electron chi connectivity index (χ2n) is 22.7. The molecule has 0 aromatic rings. The molecule has 0 aliphatic carbocycles. The predicted molar refractivity (Wildman–Crippen MR) is 335 cm³/mol. The maximum atomic E-state index is 12.9. The monoisotopic (exact) mass is 1080 g/mol. The van der Waals surface area contributed by atoms with Crippen LogP contribution in [0.2, 0.25) is 0 Å². The topological polar surface area (TPSA) is 78.9 Å². The molecule has 77 heavy (non-hydrogen) atoms. The molecule has 6 nitrogen and oxygen atoms in total. The Morgan fingerprint density at radius 2 is 0.506 bits per heavy atom. The summed E-state index contributed by atoms with van der Waals surface area (Å²) in [6.07, 6.45) is 83.9. The second-order valence-corrected chi connectivity index (χ2v) is 22.7. The Kier molecular flexibility index (Phi) is 63.2. The minimum atomic E-state index is -0.788. The number of carbonyl (C=O) groups excluding carboxylic acids is 3. The zero-order valence-corrected chi connectivity index (χ0v) is 51.5. The average molecular weight is 1080 g/mol. The van der Waals surface area contributed by atoms with E-state index in [0.717, 1.165) is 89.9 Å². The SMILES string of the molecule is CC/C=C\C/C=C\C/C=C\CCCCCC(=O)OCC(COC(=O)CCCCCCCCCCCCCCCCCCCCCCCCCCC)OC(=O)CCCCCCCCCCC/C=C\C/C=C\CCCCCCC. The van der Waals surface area contributed by atoms with Crippen molar-refractivity contribution in [3.05, 3.63) is 60.8 Å². The van der Waals surface area contributed by atoms with Gasteiger partial charge in [0.15, 0.2) is 6.10 Å². The molecule has 0 aliphatic rings. The van der Waals surface area contributed by atoms with Crippen LogP contribution in [0.15, 0.2) is 60.8 Å². The van der Waals surface area contributed by atoms with Crippen LogP contribution in [0.5, 0.6) is 0 Å². The minimum Gasteiger partial charge on any atom is -0.462 e. The molecule has 0 saturated carbocycles. The van der Waals surface area contributed by atoms with Gasteiger partial charge in [0.25, 0.3) is 0 Å². The highest BCUT2D eigenvalue weighted by atomic mass is 16.6. The van der Waals surface area contributed by atoms with Crippen molar-refractivity contribution in [2.75, 3.05) is 13.2 Å². The van der Waals surface area contributed by atoms with Gasteiger partial charge in [-0.2, -0.15) is 0 Å². The van der Waals surface area contributed by atoms with Gasteiger partial charge in [-0.05, 0) is 83.5 Å². The molecule has 0 aromatic carbocycles. The first-order valence-electron chi connectivity index (χ1n) is 33.8. The van der Waals surface area contributed by atoms with E-state index in [1.807, 2.05) is 0 Å². The van der Waals surface area contributed by atoms with Gasteiger partial charge in [0, 0.05) is 19.3 Å². The van der Waals surface area contributed by atoms with Crippen molar-refractivity contribution in [2.24, 2.45) is 0 Å². The zero-order chi connectivity index (χ0) is 55.7. The van der Waals surface area contributed by atoms with Crippen LogP contribution >= 0.6 is 0 Å². The first-order valence-corrected chi connectivity index (χ1v) is 33.8. The Labute approximate surface area is 479 Å². The van der Waals surface area contributed by atoms with Crippen LogP contribution in [0.25, 0.3) is 0 Å². The number of hydrogen-bond acceptors (Lipinski definition) is 6. The lowest BCUT2D eigenvalue weighted by Gasteiger charge is -2.18. The Morgan fingerprint density at radius 1 is 0.273 bits per heavy atom. The maximum Gasteiger partial charge on any atom is 0.306 e. The summed E-state index contributed by atoms with van der Waals surface area (Å²) in [5.41, 5.74) is 0. The number of allylic oxidation sites excluding steroid dienone is 10. The molecule has 0 aromatic heterocycles. The van der Waals surface area contributed by atoms with Gasteiger partial charge in [0.05, 0.1) is 0 Å². The third kappa shape index (κ3) is 63.8. The van der Waals surface area contributed by atoms with E-state index in [2.05, 4.69) is 81.5 Å². The van der Waals surface area contributed by atoms with Gasteiger partial charge in [0.1, 0.15) is 13.2 Å². The van der Waals surface area contributed by atoms with Gasteiger partial charge in [-0.15, -0.1) is 0 Å². The maximum absolute atomic E-state index is 12.9. The Bertz CT molecular complexity index is 1380. The van der Waals surface area contributed by atoms with Crippen LogP contribution in [-0.2, 0) is 28.6 Å². The highest BCUT2D eigenvalue weighted by molar-refractivity contribution is 5.71. The molecule has 0 amide bonds. The summed E-state index contributed by atoms with van der Waals surface area (Å²) in [5.74, 6) is -0.897. The number of ether oxygens (including phenoxy) is 3. The molecule has 1 atom stereocenters. The van der Waals surface area contributed by atoms with Crippen molar-refractivity contribution in [3.63, 3.8) is 0 Å². The van der Waals surface area contributed by atoms with Crippen LogP contribution in [0.4, 0.5) is 0 Å². The molecular formula is C71H128O6. The molecule has 0 bridgehead atoms. The molecule has 0 aliphatic heterocycles. The van der Waals surface area contributed by atoms with Gasteiger partial charge >= 0.3 is 17.9 Å². The number of esters is 3. The number of unbranched alkanes of at least 4 members (excludes halogenated alkanes) is 41. The molecule has 0 N–H and O–H groups in total. The minimum absolute atomic E-state index is 0.0821. The molecule has 0 saturated heterocycles. The van der Waals surface area contributed by atoms with Gasteiger partial charge in [-0.3, -0.25) is 14.4 Å². The summed E-state index contributed by atoms with van der Waals surface area (Å²) in [6, 6.07) is 0. The van der Waals surface area contributed by atoms with Gasteiger partial charge in [0.2, 0.25) is 0 Å². The first kappa shape index (κ1) is 74.1. The van der Waals surface area contributed by atoms with Crippen LogP contribution in [0, 0.1) is 0 Å². The Hall–Kier alpha value is -2.89. The summed E-state index contributed by atoms with van der Waals surface area (Å²) in [5, 5.41) is 0. The Balaban J connectivity index is 4.27. The highest BCUT2D eigenvalue weighted by Crippen LogP contribution is 2.18. The standard InChI is InChI=1S/C71H128O6/c1-4-7-10-13-16-19-22-25-27-29-31-33-34-35-36-38-39-41-43-46-49-52-55-58-61-64-70(73)76-67-68(66-75-69(72)63-60-57-54-51-48-45-24-21-18-15-12-9-6-3)77-71(74)65-62-59-56-53-50-47-44-42-40-37-32-30-28-26-23-20-17-14-11-8-5-2/h9,12,18,21,23,26,30,32,45,48,68H,4-8,10-11,13-17,19-20,22,24-25,27-29,31,33-44,46-47,49-67H2,1-3H3/b12-9-,21-18-,26-23-,32-30-,48-45-. The lowest BCUT2D eigenvalue weighted by Crippen LogP contribution is -2.30. The third-order valence-corrected chi connectivity index (χ3v) is 15.0. The van der Waals surface area contributed by atoms with Crippen LogP contribution in [-0.4, -0.2) is 37.2 Å². The van der Waals surface area contributed by atoms with E-state index in [1.165, 1.54) is 225 Å². The molecule has 6 heteroatoms. The quantitative estimate of drug-likeness (QED) is 0.0261. The van der Waals surface area contributed by atoms with Crippen molar-refractivity contribution >= 4 is 17.9 Å². The molecule has 0 fully saturated rings. The highest BCUT2D eigenvalue weighted by Gasteiger charge is 2.19. The lowest BCUT2D eigenvalue weighted by atomic mass is 10.0. The Morgan fingerprint density at radius 3 is 0.805 bits per heavy atom. The molecular weight excluding hydrogens is 949 g/mol. The number of carbonyl (C=O) groups is 3. The second kappa shape index (κ2) is 65.6. The smallest absolute Gasteiger partial charge is 0.306 e. The van der Waals surface area contributed by atoms with E-state index in [0.29, 0.717) is 19.3 Å². The third-order valence-electron chi connectivity index (χ3n) is 15.0. The molecule has 0 rings (SSSR count). The summed E-state index contributed by atoms with van der Waals surface area (Å²) in [4.78, 5) is 38.3. The summed E-state index contributed by atoms with van der Waals surface area (Å²) in [6.45, 7) is 6.54. The lowest BCUT2D eigenvalue weighted by molar-refractivity contribution is -0.167. The van der Waals surface area contributed by atoms with E-state index in [9.17, 15) is 14.4 Å². The molecule has 0 heterocycles. The fraction of sp³-hybridized carbons (Fsp3) is 0.817. The van der Waals surface area contributed by atoms with E-state index in [-0.39, 0.29) is 31.1 Å². The number of hydrogen-bond donors (Lipinski definition) is 0. The largest absolute Gasteiger partial charge is 0.462 e. The predicted octanol–water partition coefficient (Wildman–Crippen LogP) is 23.1. The normalized spacial score (nSPS) is 12.4. The number of rotatable bonds is 62. The van der Waals surface area contributed by atoms with Crippen LogP contribution in [0.1, 0.15) is 355 Å². The van der Waals surface area contributed by atoms with E-state index < -0.39 is 6.10 Å². The van der Waals surface area contributed by atoms with E-state index in [1.54, 1.807) is 0 Å². The van der Waals surface area contributed by atoms with Crippen LogP contribution < -0.4 is 0 Å². The van der Waals surface area contributed by atoms with Crippen molar-refractivity contribution in [2.45, 2.75) is 361 Å². The zero-order valence-electron chi connectivity index (χ0n) is 51.5. The molecule has 0 spiro atoms. The molecule has 0 radical (unpaired) electrons. The van der Waals surface area contributed by atoms with Crippen molar-refractivity contribution < 1.29 is 28.6 Å². The summed E-state index contributed by atoms with van der Waals surface area (Å²) < 4.78 is 16.9. The molecule has 448 valence electrons. The molecule has 1 unspecified atom stereocenters. The first-order chi connectivity index (χ1) is 38.0. The summed E-state index contributed by atoms with van der Waals surface area (Å²) >= 11 is 0. The van der Waals surface area contributed by atoms with Crippen molar-refractivity contribution in [1.82, 2.24) is 0 Å². The van der Waals surface area contributed by atoms with Gasteiger partial charge < -0.3 is 14.2 Å².